The molecule has 566 valence electrons. The van der Waals surface area contributed by atoms with Crippen molar-refractivity contribution in [3.63, 3.8) is 0 Å². The molecule has 0 aliphatic carbocycles. The van der Waals surface area contributed by atoms with Gasteiger partial charge in [0.1, 0.15) is 73.2 Å². The van der Waals surface area contributed by atoms with E-state index in [0.29, 0.717) is 6.42 Å². The molecule has 19 nitrogen and oxygen atoms in total. The Bertz CT molecular complexity index is 2310. The molecule has 3 aliphatic heterocycles. The Balaban J connectivity index is 1.35. The number of rotatable bonds is 57. The van der Waals surface area contributed by atoms with Crippen molar-refractivity contribution in [3.8, 4) is 0 Å². The minimum absolute atomic E-state index is 0.225. The van der Waals surface area contributed by atoms with Gasteiger partial charge in [0.05, 0.1) is 38.6 Å². The van der Waals surface area contributed by atoms with Crippen LogP contribution in [0.4, 0.5) is 0 Å². The molecule has 0 radical (unpaired) electrons. The normalized spacial score (nSPS) is 27.4. The molecule has 0 aromatic rings. The average molecular weight is 1400 g/mol. The Kier molecular flexibility index (Phi) is 53.4. The highest BCUT2D eigenvalue weighted by Crippen LogP contribution is 2.33. The van der Waals surface area contributed by atoms with Crippen LogP contribution in [0.2, 0.25) is 0 Å². The average Bonchev–Trinajstić information content (AvgIpc) is 0.784. The van der Waals surface area contributed by atoms with Crippen LogP contribution in [-0.2, 0) is 33.2 Å². The van der Waals surface area contributed by atoms with Gasteiger partial charge in [0.15, 0.2) is 18.9 Å². The molecule has 0 aromatic heterocycles. The van der Waals surface area contributed by atoms with Crippen molar-refractivity contribution in [3.05, 3.63) is 134 Å². The van der Waals surface area contributed by atoms with Crippen LogP contribution < -0.4 is 5.32 Å². The molecule has 0 spiro atoms. The number of allylic oxidation sites excluding steroid dienone is 21. The lowest BCUT2D eigenvalue weighted by Crippen LogP contribution is -2.66. The zero-order chi connectivity index (χ0) is 71.8. The van der Waals surface area contributed by atoms with Gasteiger partial charge in [0.25, 0.3) is 0 Å². The first-order chi connectivity index (χ1) is 48.3. The molecule has 17 atom stereocenters. The topological polar surface area (TPSA) is 307 Å². The largest absolute Gasteiger partial charge is 0.394 e. The van der Waals surface area contributed by atoms with E-state index in [4.69, 9.17) is 28.4 Å². The summed E-state index contributed by atoms with van der Waals surface area (Å²) in [5.74, 6) is -0.289. The molecule has 0 saturated carbocycles. The Morgan fingerprint density at radius 2 is 0.697 bits per heavy atom. The number of unbranched alkanes of at least 4 members (excludes halogenated alkanes) is 21. The molecule has 99 heavy (non-hydrogen) atoms. The summed E-state index contributed by atoms with van der Waals surface area (Å²) in [4.78, 5) is 13.4. The molecule has 3 saturated heterocycles. The predicted molar refractivity (Wildman–Crippen MR) is 392 cm³/mol. The Morgan fingerprint density at radius 3 is 1.09 bits per heavy atom. The van der Waals surface area contributed by atoms with Crippen molar-refractivity contribution < 1.29 is 89.4 Å². The van der Waals surface area contributed by atoms with Crippen LogP contribution >= 0.6 is 0 Å². The molecule has 19 heteroatoms. The predicted octanol–water partition coefficient (Wildman–Crippen LogP) is 11.7. The lowest BCUT2D eigenvalue weighted by atomic mass is 9.96. The second kappa shape index (κ2) is 59.3. The van der Waals surface area contributed by atoms with Crippen molar-refractivity contribution in [2.45, 2.75) is 336 Å². The summed E-state index contributed by atoms with van der Waals surface area (Å²) in [6.07, 6.45) is 57.1. The van der Waals surface area contributed by atoms with Crippen molar-refractivity contribution in [2.75, 3.05) is 26.4 Å². The summed E-state index contributed by atoms with van der Waals surface area (Å²) in [5, 5.41) is 121. The van der Waals surface area contributed by atoms with E-state index in [1.54, 1.807) is 6.08 Å². The van der Waals surface area contributed by atoms with E-state index in [2.05, 4.69) is 141 Å². The van der Waals surface area contributed by atoms with Gasteiger partial charge >= 0.3 is 0 Å². The van der Waals surface area contributed by atoms with Crippen LogP contribution in [0.25, 0.3) is 0 Å². The SMILES string of the molecule is CC/C=C\C/C=C\C/C=C\C/C=C\C/C=C\C/C=C\C/C=C\C/C=C\C/C=C\C/C=C\CCCCCCCCCCC(=O)NC(COC1OC(CO)C(OC2OC(CO)C(OC3OC(CO)C(O)C(O)C3O)C(O)C2O)C(O)C1O)C(O)/C=C/CCCCCCCCCCCCCCC. The molecule has 3 fully saturated rings. The fourth-order valence-electron chi connectivity index (χ4n) is 11.9. The molecule has 17 unspecified atom stereocenters. The number of carbonyl (C=O) groups is 1. The van der Waals surface area contributed by atoms with Gasteiger partial charge in [0, 0.05) is 6.42 Å². The van der Waals surface area contributed by atoms with Crippen LogP contribution in [0.1, 0.15) is 232 Å². The first-order valence-corrected chi connectivity index (χ1v) is 37.9. The smallest absolute Gasteiger partial charge is 0.220 e. The van der Waals surface area contributed by atoms with E-state index in [1.165, 1.54) is 70.6 Å². The molecule has 3 rings (SSSR count). The van der Waals surface area contributed by atoms with E-state index in [1.807, 2.05) is 6.08 Å². The number of hydrogen-bond acceptors (Lipinski definition) is 18. The number of nitrogens with one attached hydrogen (secondary N) is 1. The highest BCUT2D eigenvalue weighted by Gasteiger charge is 2.53. The standard InChI is InChI=1S/C80H133NO18/c1-3-5-7-9-11-13-15-17-19-20-21-22-23-24-25-26-27-28-29-30-31-32-33-34-35-36-37-38-39-40-41-42-44-46-48-50-52-54-56-58-68(86)81-63(64(85)57-55-53-51-49-47-45-43-18-16-14-12-10-8-6-4-2)62-94-78-74(92)71(89)76(66(60-83)96-78)99-80-75(93)72(90)77(67(61-84)97-80)98-79-73(91)70(88)69(87)65(59-82)95-79/h5,7,11,13,17,19,21-22,24-25,27-28,30-31,33-34,36-37,39-40,55,57,63-67,69-80,82-85,87-93H,3-4,6,8-10,12,14-16,18,20,23,26,29,32,35,38,41-54,56,58-62H2,1-2H3,(H,81,86)/b7-5-,13-11-,19-17-,22-21-,25-24-,28-27-,31-30-,34-33-,37-36-,40-39-,57-55+. The maximum absolute atomic E-state index is 13.4. The fraction of sp³-hybridized carbons (Fsp3) is 0.713. The third kappa shape index (κ3) is 40.0. The van der Waals surface area contributed by atoms with E-state index >= 15 is 0 Å². The maximum atomic E-state index is 13.4. The molecule has 3 heterocycles. The summed E-state index contributed by atoms with van der Waals surface area (Å²) in [6.45, 7) is 1.60. The zero-order valence-corrected chi connectivity index (χ0v) is 60.2. The number of aliphatic hydroxyl groups is 11. The van der Waals surface area contributed by atoms with E-state index in [9.17, 15) is 61.0 Å². The van der Waals surface area contributed by atoms with Crippen molar-refractivity contribution in [1.29, 1.82) is 0 Å². The Labute approximate surface area is 594 Å². The van der Waals surface area contributed by atoms with Gasteiger partial charge in [-0.1, -0.05) is 263 Å². The van der Waals surface area contributed by atoms with E-state index in [0.717, 1.165) is 135 Å². The van der Waals surface area contributed by atoms with E-state index < -0.39 is 124 Å². The molecule has 3 aliphatic rings. The van der Waals surface area contributed by atoms with Crippen LogP contribution in [0, 0.1) is 0 Å². The third-order valence-corrected chi connectivity index (χ3v) is 18.0. The second-order valence-electron chi connectivity index (χ2n) is 26.4. The summed E-state index contributed by atoms with van der Waals surface area (Å²) in [7, 11) is 0. The minimum Gasteiger partial charge on any atom is -0.394 e. The summed E-state index contributed by atoms with van der Waals surface area (Å²) >= 11 is 0. The van der Waals surface area contributed by atoms with Crippen LogP contribution in [0.5, 0.6) is 0 Å². The fourth-order valence-corrected chi connectivity index (χ4v) is 11.9. The lowest BCUT2D eigenvalue weighted by molar-refractivity contribution is -0.379. The lowest BCUT2D eigenvalue weighted by Gasteiger charge is -2.48. The molecule has 12 N–H and O–H groups in total. The van der Waals surface area contributed by atoms with Crippen LogP contribution in [0.15, 0.2) is 134 Å². The molecular formula is C80H133NO18. The number of hydrogen-bond donors (Lipinski definition) is 12. The van der Waals surface area contributed by atoms with Crippen molar-refractivity contribution in [2.24, 2.45) is 0 Å². The summed E-state index contributed by atoms with van der Waals surface area (Å²) < 4.78 is 34.4. The van der Waals surface area contributed by atoms with Gasteiger partial charge in [-0.3, -0.25) is 4.79 Å². The Hall–Kier alpha value is -4.07. The van der Waals surface area contributed by atoms with Gasteiger partial charge in [-0.05, 0) is 96.3 Å². The summed E-state index contributed by atoms with van der Waals surface area (Å²) in [6, 6.07) is -0.987. The van der Waals surface area contributed by atoms with Crippen LogP contribution in [-0.4, -0.2) is 193 Å². The Morgan fingerprint density at radius 1 is 0.374 bits per heavy atom. The number of ether oxygens (including phenoxy) is 6. The van der Waals surface area contributed by atoms with E-state index in [-0.39, 0.29) is 18.9 Å². The monoisotopic (exact) mass is 1400 g/mol. The van der Waals surface area contributed by atoms with Crippen molar-refractivity contribution in [1.82, 2.24) is 5.32 Å². The minimum atomic E-state index is -1.98. The van der Waals surface area contributed by atoms with Gasteiger partial charge in [-0.15, -0.1) is 0 Å². The number of amides is 1. The van der Waals surface area contributed by atoms with Crippen LogP contribution in [0.3, 0.4) is 0 Å². The number of aliphatic hydroxyl groups excluding tert-OH is 11. The molecular weight excluding hydrogens is 1260 g/mol. The van der Waals surface area contributed by atoms with Gasteiger partial charge in [-0.2, -0.15) is 0 Å². The maximum Gasteiger partial charge on any atom is 0.220 e. The third-order valence-electron chi connectivity index (χ3n) is 18.0. The first-order valence-electron chi connectivity index (χ1n) is 37.9. The highest BCUT2D eigenvalue weighted by molar-refractivity contribution is 5.76. The van der Waals surface area contributed by atoms with Gasteiger partial charge in [0.2, 0.25) is 5.91 Å². The number of carbonyl (C=O) groups excluding carboxylic acids is 1. The first kappa shape index (κ1) is 89.1. The molecule has 0 aromatic carbocycles. The second-order valence-corrected chi connectivity index (χ2v) is 26.4. The highest BCUT2D eigenvalue weighted by atomic mass is 16.8. The van der Waals surface area contributed by atoms with Crippen molar-refractivity contribution >= 4 is 5.91 Å². The molecule has 1 amide bonds. The molecule has 0 bridgehead atoms. The summed E-state index contributed by atoms with van der Waals surface area (Å²) in [5.41, 5.74) is 0. The quantitative estimate of drug-likeness (QED) is 0.0199. The zero-order valence-electron chi connectivity index (χ0n) is 60.2. The van der Waals surface area contributed by atoms with Gasteiger partial charge in [-0.25, -0.2) is 0 Å². The van der Waals surface area contributed by atoms with Gasteiger partial charge < -0.3 is 89.9 Å².